The van der Waals surface area contributed by atoms with Crippen LogP contribution in [-0.2, 0) is 5.92 Å². The average Bonchev–Trinajstić information content (AvgIpc) is 2.58. The molecule has 6 heteroatoms. The minimum absolute atomic E-state index is 0.325. The van der Waals surface area contributed by atoms with E-state index in [4.69, 9.17) is 0 Å². The first-order valence-corrected chi connectivity index (χ1v) is 9.23. The van der Waals surface area contributed by atoms with Crippen LogP contribution in [0.3, 0.4) is 0 Å². The molecule has 0 aliphatic carbocycles. The normalized spacial score (nSPS) is 20.9. The van der Waals surface area contributed by atoms with Crippen molar-refractivity contribution in [2.45, 2.75) is 66.3 Å². The molecule has 0 bridgehead atoms. The van der Waals surface area contributed by atoms with Crippen LogP contribution in [-0.4, -0.2) is 41.5 Å². The summed E-state index contributed by atoms with van der Waals surface area (Å²) in [4.78, 5) is 9.77. The van der Waals surface area contributed by atoms with Gasteiger partial charge in [-0.1, -0.05) is 34.6 Å². The van der Waals surface area contributed by atoms with Crippen LogP contribution in [0, 0.1) is 11.8 Å². The molecule has 2 unspecified atom stereocenters. The molecule has 4 nitrogen and oxygen atoms in total. The van der Waals surface area contributed by atoms with Gasteiger partial charge in [-0.15, -0.1) is 0 Å². The summed E-state index contributed by atoms with van der Waals surface area (Å²) in [6.07, 6.45) is 5.23. The topological polar surface area (TPSA) is 41.0 Å². The Labute approximate surface area is 152 Å². The Morgan fingerprint density at radius 3 is 2.32 bits per heavy atom. The number of alkyl halides is 2. The summed E-state index contributed by atoms with van der Waals surface area (Å²) in [5, 5.41) is 2.63. The van der Waals surface area contributed by atoms with Gasteiger partial charge >= 0.3 is 0 Å². The fraction of sp³-hybridized carbons (Fsp3) is 0.789. The van der Waals surface area contributed by atoms with Gasteiger partial charge in [0.05, 0.1) is 12.4 Å². The van der Waals surface area contributed by atoms with Crippen molar-refractivity contribution in [3.63, 3.8) is 0 Å². The number of nitrogens with one attached hydrogen (secondary N) is 1. The van der Waals surface area contributed by atoms with Crippen molar-refractivity contribution in [2.24, 2.45) is 11.8 Å². The number of halogens is 2. The van der Waals surface area contributed by atoms with Crippen molar-refractivity contribution in [3.05, 3.63) is 18.1 Å². The summed E-state index contributed by atoms with van der Waals surface area (Å²) in [7, 11) is 3.86. The Balaban J connectivity index is 0.000000421. The number of hydrogen-bond acceptors (Lipinski definition) is 4. The lowest BCUT2D eigenvalue weighted by molar-refractivity contribution is 0.0125. The largest absolute Gasteiger partial charge is 0.372 e. The Morgan fingerprint density at radius 1 is 1.28 bits per heavy atom. The molecule has 0 radical (unpaired) electrons. The first kappa shape index (κ1) is 23.7. The van der Waals surface area contributed by atoms with Crippen molar-refractivity contribution < 1.29 is 8.78 Å². The zero-order valence-corrected chi connectivity index (χ0v) is 17.1. The number of piperidine rings is 1. The van der Waals surface area contributed by atoms with E-state index in [0.29, 0.717) is 5.82 Å². The summed E-state index contributed by atoms with van der Waals surface area (Å²) < 4.78 is 25.3. The summed E-state index contributed by atoms with van der Waals surface area (Å²) in [5.74, 6) is -0.824. The summed E-state index contributed by atoms with van der Waals surface area (Å²) in [5.41, 5.74) is -0.325. The first-order valence-electron chi connectivity index (χ1n) is 9.23. The highest BCUT2D eigenvalue weighted by molar-refractivity contribution is 5.31. The first-order chi connectivity index (χ1) is 11.6. The fourth-order valence-electron chi connectivity index (χ4n) is 2.78. The molecule has 0 aromatic carbocycles. The van der Waals surface area contributed by atoms with Crippen LogP contribution < -0.4 is 5.32 Å². The number of anilines is 1. The summed E-state index contributed by atoms with van der Waals surface area (Å²) >= 11 is 0. The maximum absolute atomic E-state index is 12.6. The molecule has 1 aliphatic rings. The van der Waals surface area contributed by atoms with Crippen molar-refractivity contribution in [1.29, 1.82) is 0 Å². The van der Waals surface area contributed by atoms with Crippen LogP contribution in [0.4, 0.5) is 14.6 Å². The fourth-order valence-corrected chi connectivity index (χ4v) is 2.78. The van der Waals surface area contributed by atoms with Crippen LogP contribution in [0.5, 0.6) is 0 Å². The van der Waals surface area contributed by atoms with Gasteiger partial charge in [0, 0.05) is 20.0 Å². The highest BCUT2D eigenvalue weighted by Crippen LogP contribution is 2.26. The molecule has 1 aromatic rings. The Morgan fingerprint density at radius 2 is 1.88 bits per heavy atom. The maximum atomic E-state index is 12.6. The lowest BCUT2D eigenvalue weighted by atomic mass is 9.87. The monoisotopic (exact) mass is 358 g/mol. The third-order valence-electron chi connectivity index (χ3n) is 4.29. The van der Waals surface area contributed by atoms with Crippen LogP contribution in [0.25, 0.3) is 0 Å². The summed E-state index contributed by atoms with van der Waals surface area (Å²) in [6.45, 7) is 13.1. The van der Waals surface area contributed by atoms with E-state index in [-0.39, 0.29) is 5.69 Å². The van der Waals surface area contributed by atoms with E-state index in [1.807, 2.05) is 13.8 Å². The van der Waals surface area contributed by atoms with Crippen LogP contribution in [0.1, 0.15) is 60.1 Å². The van der Waals surface area contributed by atoms with Crippen molar-refractivity contribution >= 4 is 5.82 Å². The lowest BCUT2D eigenvalue weighted by Gasteiger charge is -2.38. The van der Waals surface area contributed by atoms with Crippen LogP contribution >= 0.6 is 0 Å². The van der Waals surface area contributed by atoms with E-state index in [2.05, 4.69) is 48.0 Å². The van der Waals surface area contributed by atoms with E-state index in [0.717, 1.165) is 31.0 Å². The van der Waals surface area contributed by atoms with E-state index >= 15 is 0 Å². The van der Waals surface area contributed by atoms with E-state index in [9.17, 15) is 8.78 Å². The Bertz CT molecular complexity index is 475. The molecule has 1 N–H and O–H groups in total. The highest BCUT2D eigenvalue weighted by Gasteiger charge is 2.26. The van der Waals surface area contributed by atoms with Gasteiger partial charge in [-0.25, -0.2) is 4.98 Å². The SMILES string of the molecule is CC.CC1CCN(C)C(C(C)C)C1.CNc1cncc(C(C)(F)F)n1. The molecule has 0 saturated carbocycles. The van der Waals surface area contributed by atoms with Gasteiger partial charge in [-0.05, 0) is 38.3 Å². The predicted molar refractivity (Wildman–Crippen MR) is 102 cm³/mol. The Hall–Kier alpha value is -1.30. The molecule has 1 saturated heterocycles. The molecule has 2 atom stereocenters. The van der Waals surface area contributed by atoms with Gasteiger partial charge in [0.15, 0.2) is 0 Å². The van der Waals surface area contributed by atoms with E-state index in [1.54, 1.807) is 7.05 Å². The average molecular weight is 359 g/mol. The molecule has 146 valence electrons. The molecule has 0 amide bonds. The molecule has 1 aliphatic heterocycles. The third-order valence-corrected chi connectivity index (χ3v) is 4.29. The van der Waals surface area contributed by atoms with Gasteiger partial charge < -0.3 is 10.2 Å². The minimum atomic E-state index is -2.93. The predicted octanol–water partition coefficient (Wildman–Crippen LogP) is 5.03. The maximum Gasteiger partial charge on any atom is 0.288 e. The second-order valence-electron chi connectivity index (χ2n) is 6.85. The molecular formula is C19H36F2N4. The van der Waals surface area contributed by atoms with Crippen molar-refractivity contribution in [2.75, 3.05) is 26.0 Å². The Kier molecular flexibility index (Phi) is 10.8. The van der Waals surface area contributed by atoms with Gasteiger partial charge in [0.25, 0.3) is 5.92 Å². The third kappa shape index (κ3) is 8.56. The molecule has 25 heavy (non-hydrogen) atoms. The molecule has 2 heterocycles. The van der Waals surface area contributed by atoms with Crippen molar-refractivity contribution in [1.82, 2.24) is 14.9 Å². The number of nitrogens with zero attached hydrogens (tertiary/aromatic N) is 3. The van der Waals surface area contributed by atoms with E-state index < -0.39 is 5.92 Å². The smallest absolute Gasteiger partial charge is 0.288 e. The van der Waals surface area contributed by atoms with Crippen molar-refractivity contribution in [3.8, 4) is 0 Å². The quantitative estimate of drug-likeness (QED) is 0.823. The van der Waals surface area contributed by atoms with Gasteiger partial charge in [-0.2, -0.15) is 8.78 Å². The molecule has 2 rings (SSSR count). The van der Waals surface area contributed by atoms with Gasteiger partial charge in [0.2, 0.25) is 0 Å². The standard InChI is InChI=1S/C10H21N.C7H9F2N3.C2H6/c1-8(2)10-7-9(3)5-6-11(10)4;1-7(8,9)5-3-11-4-6(10-2)12-5;1-2/h8-10H,5-7H2,1-4H3;3-4H,1-2H3,(H,10,12);1-2H3. The zero-order valence-electron chi connectivity index (χ0n) is 17.1. The minimum Gasteiger partial charge on any atom is -0.372 e. The zero-order chi connectivity index (χ0) is 19.6. The molecule has 1 fully saturated rings. The number of rotatable bonds is 3. The van der Waals surface area contributed by atoms with Gasteiger partial charge in [0.1, 0.15) is 11.5 Å². The van der Waals surface area contributed by atoms with Crippen LogP contribution in [0.2, 0.25) is 0 Å². The lowest BCUT2D eigenvalue weighted by Crippen LogP contribution is -2.42. The molecule has 0 spiro atoms. The number of aromatic nitrogens is 2. The van der Waals surface area contributed by atoms with Gasteiger partial charge in [-0.3, -0.25) is 4.98 Å². The second kappa shape index (κ2) is 11.3. The number of hydrogen-bond donors (Lipinski definition) is 1. The molecular weight excluding hydrogens is 322 g/mol. The second-order valence-corrected chi connectivity index (χ2v) is 6.85. The molecule has 1 aromatic heterocycles. The van der Waals surface area contributed by atoms with Crippen LogP contribution in [0.15, 0.2) is 12.4 Å². The number of likely N-dealkylation sites (tertiary alicyclic amines) is 1. The van der Waals surface area contributed by atoms with E-state index in [1.165, 1.54) is 25.6 Å². The highest BCUT2D eigenvalue weighted by atomic mass is 19.3. The summed E-state index contributed by atoms with van der Waals surface area (Å²) in [6, 6.07) is 0.832.